The number of hydrogen-bond donors (Lipinski definition) is 0. The molecule has 0 saturated carbocycles. The van der Waals surface area contributed by atoms with Gasteiger partial charge in [0.2, 0.25) is 11.8 Å². The lowest BCUT2D eigenvalue weighted by Crippen LogP contribution is -2.43. The van der Waals surface area contributed by atoms with Gasteiger partial charge in [0.05, 0.1) is 31.3 Å². The molecule has 146 valence electrons. The molecule has 2 saturated heterocycles. The highest BCUT2D eigenvalue weighted by Crippen LogP contribution is 2.24. The second-order valence-electron chi connectivity index (χ2n) is 6.75. The summed E-state index contributed by atoms with van der Waals surface area (Å²) in [5, 5.41) is 0. The summed E-state index contributed by atoms with van der Waals surface area (Å²) in [6.45, 7) is 6.14. The Labute approximate surface area is 158 Å². The Morgan fingerprint density at radius 3 is 2.78 bits per heavy atom. The third kappa shape index (κ3) is 4.90. The van der Waals surface area contributed by atoms with Crippen molar-refractivity contribution in [3.63, 3.8) is 0 Å². The minimum Gasteiger partial charge on any atom is -0.462 e. The van der Waals surface area contributed by atoms with Crippen LogP contribution in [0.4, 0.5) is 0 Å². The zero-order chi connectivity index (χ0) is 19.2. The van der Waals surface area contributed by atoms with Gasteiger partial charge in [-0.15, -0.1) is 0 Å². The molecule has 2 aliphatic rings. The summed E-state index contributed by atoms with van der Waals surface area (Å²) >= 11 is 0. The number of hydrogen-bond acceptors (Lipinski definition) is 7. The number of ether oxygens (including phenoxy) is 2. The molecule has 0 bridgehead atoms. The van der Waals surface area contributed by atoms with Gasteiger partial charge >= 0.3 is 5.97 Å². The summed E-state index contributed by atoms with van der Waals surface area (Å²) in [4.78, 5) is 44.4. The lowest BCUT2D eigenvalue weighted by atomic mass is 9.98. The number of pyridine rings is 1. The Morgan fingerprint density at radius 1 is 1.26 bits per heavy atom. The zero-order valence-corrected chi connectivity index (χ0v) is 15.6. The van der Waals surface area contributed by atoms with Crippen molar-refractivity contribution in [2.75, 3.05) is 46.0 Å². The molecule has 1 aromatic heterocycles. The van der Waals surface area contributed by atoms with E-state index >= 15 is 0 Å². The Balaban J connectivity index is 1.58. The van der Waals surface area contributed by atoms with Gasteiger partial charge in [-0.3, -0.25) is 24.4 Å². The first-order valence-electron chi connectivity index (χ1n) is 9.34. The average molecular weight is 375 g/mol. The maximum atomic E-state index is 12.7. The Kier molecular flexibility index (Phi) is 6.52. The lowest BCUT2D eigenvalue weighted by Gasteiger charge is -2.28. The third-order valence-electron chi connectivity index (χ3n) is 4.87. The van der Waals surface area contributed by atoms with Crippen molar-refractivity contribution in [1.29, 1.82) is 0 Å². The van der Waals surface area contributed by atoms with Crippen LogP contribution in [0.2, 0.25) is 0 Å². The van der Waals surface area contributed by atoms with Crippen molar-refractivity contribution in [1.82, 2.24) is 14.8 Å². The van der Waals surface area contributed by atoms with E-state index in [1.165, 1.54) is 11.1 Å². The number of esters is 1. The highest BCUT2D eigenvalue weighted by molar-refractivity contribution is 6.03. The number of morpholine rings is 1. The van der Waals surface area contributed by atoms with Gasteiger partial charge in [0.15, 0.2) is 0 Å². The number of likely N-dealkylation sites (tertiary alicyclic amines) is 1. The standard InChI is InChI=1S/C19H25N3O5/c1-2-27-19(25)16-10-14(12-20-13-16)9-15-11-17(23)22(18(15)24)4-3-21-5-7-26-8-6-21/h10,12-13,15H,2-9,11H2,1H3. The number of aromatic nitrogens is 1. The van der Waals surface area contributed by atoms with Gasteiger partial charge in [0, 0.05) is 45.0 Å². The van der Waals surface area contributed by atoms with Crippen LogP contribution >= 0.6 is 0 Å². The predicted octanol–water partition coefficient (Wildman–Crippen LogP) is 0.508. The predicted molar refractivity (Wildman–Crippen MR) is 96.0 cm³/mol. The maximum absolute atomic E-state index is 12.7. The van der Waals surface area contributed by atoms with E-state index in [4.69, 9.17) is 9.47 Å². The maximum Gasteiger partial charge on any atom is 0.339 e. The van der Waals surface area contributed by atoms with E-state index < -0.39 is 11.9 Å². The zero-order valence-electron chi connectivity index (χ0n) is 15.6. The molecule has 2 aliphatic heterocycles. The molecule has 1 atom stereocenters. The second-order valence-corrected chi connectivity index (χ2v) is 6.75. The summed E-state index contributed by atoms with van der Waals surface area (Å²) in [7, 11) is 0. The van der Waals surface area contributed by atoms with Crippen LogP contribution in [-0.4, -0.2) is 78.6 Å². The van der Waals surface area contributed by atoms with Gasteiger partial charge in [-0.05, 0) is 25.0 Å². The van der Waals surface area contributed by atoms with Crippen LogP contribution in [0.15, 0.2) is 18.5 Å². The van der Waals surface area contributed by atoms with Crippen molar-refractivity contribution < 1.29 is 23.9 Å². The Morgan fingerprint density at radius 2 is 2.04 bits per heavy atom. The lowest BCUT2D eigenvalue weighted by molar-refractivity contribution is -0.139. The first-order valence-corrected chi connectivity index (χ1v) is 9.34. The summed E-state index contributed by atoms with van der Waals surface area (Å²) < 4.78 is 10.3. The molecular formula is C19H25N3O5. The normalized spacial score (nSPS) is 20.9. The minimum absolute atomic E-state index is 0.132. The Hall–Kier alpha value is -2.32. The van der Waals surface area contributed by atoms with Crippen molar-refractivity contribution in [2.24, 2.45) is 5.92 Å². The Bertz CT molecular complexity index is 702. The van der Waals surface area contributed by atoms with Crippen LogP contribution < -0.4 is 0 Å². The summed E-state index contributed by atoms with van der Waals surface area (Å²) in [6, 6.07) is 1.68. The van der Waals surface area contributed by atoms with Crippen LogP contribution in [0.5, 0.6) is 0 Å². The highest BCUT2D eigenvalue weighted by atomic mass is 16.5. The van der Waals surface area contributed by atoms with E-state index in [1.807, 2.05) is 0 Å². The quantitative estimate of drug-likeness (QED) is 0.507. The molecule has 1 aromatic rings. The molecule has 0 spiro atoms. The topological polar surface area (TPSA) is 89.0 Å². The highest BCUT2D eigenvalue weighted by Gasteiger charge is 2.38. The van der Waals surface area contributed by atoms with E-state index in [1.54, 1.807) is 19.2 Å². The smallest absolute Gasteiger partial charge is 0.339 e. The van der Waals surface area contributed by atoms with Gasteiger partial charge in [-0.1, -0.05) is 0 Å². The minimum atomic E-state index is -0.437. The fourth-order valence-corrected chi connectivity index (χ4v) is 3.42. The summed E-state index contributed by atoms with van der Waals surface area (Å²) in [5.41, 5.74) is 1.11. The first kappa shape index (κ1) is 19.4. The average Bonchev–Trinajstić information content (AvgIpc) is 2.94. The van der Waals surface area contributed by atoms with Gasteiger partial charge in [0.1, 0.15) is 0 Å². The van der Waals surface area contributed by atoms with E-state index in [0.29, 0.717) is 38.3 Å². The molecule has 1 unspecified atom stereocenters. The van der Waals surface area contributed by atoms with Crippen molar-refractivity contribution >= 4 is 17.8 Å². The largest absolute Gasteiger partial charge is 0.462 e. The van der Waals surface area contributed by atoms with Gasteiger partial charge < -0.3 is 9.47 Å². The molecule has 0 N–H and O–H groups in total. The molecule has 2 fully saturated rings. The van der Waals surface area contributed by atoms with Crippen LogP contribution in [0, 0.1) is 5.92 Å². The molecule has 27 heavy (non-hydrogen) atoms. The molecule has 3 heterocycles. The molecule has 2 amide bonds. The van der Waals surface area contributed by atoms with Crippen LogP contribution in [0.25, 0.3) is 0 Å². The summed E-state index contributed by atoms with van der Waals surface area (Å²) in [5.74, 6) is -1.11. The number of rotatable bonds is 7. The van der Waals surface area contributed by atoms with Crippen LogP contribution in [-0.2, 0) is 25.5 Å². The van der Waals surface area contributed by atoms with Crippen LogP contribution in [0.1, 0.15) is 29.3 Å². The van der Waals surface area contributed by atoms with Crippen LogP contribution in [0.3, 0.4) is 0 Å². The van der Waals surface area contributed by atoms with Gasteiger partial charge in [0.25, 0.3) is 0 Å². The number of carbonyl (C=O) groups is 3. The van der Waals surface area contributed by atoms with E-state index in [-0.39, 0.29) is 24.8 Å². The fourth-order valence-electron chi connectivity index (χ4n) is 3.42. The number of imide groups is 1. The van der Waals surface area contributed by atoms with E-state index in [0.717, 1.165) is 18.7 Å². The van der Waals surface area contributed by atoms with E-state index in [9.17, 15) is 14.4 Å². The van der Waals surface area contributed by atoms with Crippen molar-refractivity contribution in [3.05, 3.63) is 29.6 Å². The van der Waals surface area contributed by atoms with Crippen molar-refractivity contribution in [3.8, 4) is 0 Å². The van der Waals surface area contributed by atoms with E-state index in [2.05, 4.69) is 9.88 Å². The molecule has 3 rings (SSSR count). The number of nitrogens with zero attached hydrogens (tertiary/aromatic N) is 3. The second kappa shape index (κ2) is 9.05. The molecule has 8 heteroatoms. The molecule has 8 nitrogen and oxygen atoms in total. The number of amides is 2. The monoisotopic (exact) mass is 375 g/mol. The summed E-state index contributed by atoms with van der Waals surface area (Å²) in [6.07, 6.45) is 3.65. The molecule has 0 radical (unpaired) electrons. The fraction of sp³-hybridized carbons (Fsp3) is 0.579. The first-order chi connectivity index (χ1) is 13.1. The number of carbonyl (C=O) groups excluding carboxylic acids is 3. The van der Waals surface area contributed by atoms with Gasteiger partial charge in [-0.2, -0.15) is 0 Å². The molecular weight excluding hydrogens is 350 g/mol. The third-order valence-corrected chi connectivity index (χ3v) is 4.87. The van der Waals surface area contributed by atoms with Gasteiger partial charge in [-0.25, -0.2) is 4.79 Å². The molecule has 0 aliphatic carbocycles. The van der Waals surface area contributed by atoms with Crippen molar-refractivity contribution in [2.45, 2.75) is 19.8 Å². The SMILES string of the molecule is CCOC(=O)c1cncc(CC2CC(=O)N(CCN3CCOCC3)C2=O)c1. The molecule has 0 aromatic carbocycles.